The Kier molecular flexibility index (Phi) is 2.75. The van der Waals surface area contributed by atoms with E-state index < -0.39 is 5.60 Å². The van der Waals surface area contributed by atoms with Gasteiger partial charge in [-0.2, -0.15) is 0 Å². The number of nitrogens with zero attached hydrogens (tertiary/aromatic N) is 1. The molecule has 90 valence electrons. The molecule has 4 heteroatoms. The van der Waals surface area contributed by atoms with Crippen LogP contribution in [0.1, 0.15) is 13.8 Å². The Morgan fingerprint density at radius 2 is 2.18 bits per heavy atom. The summed E-state index contributed by atoms with van der Waals surface area (Å²) in [5.74, 6) is -0.612. The number of carbonyl (C=O) groups is 1. The van der Waals surface area contributed by atoms with Crippen molar-refractivity contribution in [2.45, 2.75) is 26.0 Å². The van der Waals surface area contributed by atoms with Crippen molar-refractivity contribution in [3.05, 3.63) is 36.3 Å². The number of ketones is 1. The van der Waals surface area contributed by atoms with Crippen LogP contribution in [0.2, 0.25) is 0 Å². The normalized spacial score (nSPS) is 14.8. The third-order valence-electron chi connectivity index (χ3n) is 3.00. The third kappa shape index (κ3) is 2.08. The topological polar surface area (TPSA) is 42.2 Å². The van der Waals surface area contributed by atoms with E-state index in [1.165, 1.54) is 19.9 Å². The summed E-state index contributed by atoms with van der Waals surface area (Å²) in [5, 5.41) is 10.4. The molecule has 1 heterocycles. The number of hydrogen-bond donors (Lipinski definition) is 1. The molecule has 0 amide bonds. The van der Waals surface area contributed by atoms with E-state index in [1.54, 1.807) is 29.0 Å². The van der Waals surface area contributed by atoms with Crippen LogP contribution in [0.5, 0.6) is 0 Å². The molecule has 0 bridgehead atoms. The largest absolute Gasteiger partial charge is 0.380 e. The molecule has 0 saturated carbocycles. The van der Waals surface area contributed by atoms with E-state index >= 15 is 0 Å². The van der Waals surface area contributed by atoms with Gasteiger partial charge in [0.25, 0.3) is 0 Å². The van der Waals surface area contributed by atoms with Gasteiger partial charge in [-0.3, -0.25) is 4.79 Å². The van der Waals surface area contributed by atoms with Gasteiger partial charge in [-0.05, 0) is 32.0 Å². The molecule has 1 N–H and O–H groups in total. The Balaban J connectivity index is 2.44. The lowest BCUT2D eigenvalue weighted by molar-refractivity contribution is -0.134. The molecule has 1 aromatic heterocycles. The predicted octanol–water partition coefficient (Wildman–Crippen LogP) is 2.12. The molecule has 0 aliphatic carbocycles. The van der Waals surface area contributed by atoms with Crippen molar-refractivity contribution in [2.75, 3.05) is 0 Å². The zero-order chi connectivity index (χ0) is 12.6. The molecule has 0 radical (unpaired) electrons. The highest BCUT2D eigenvalue weighted by Crippen LogP contribution is 2.21. The van der Waals surface area contributed by atoms with Gasteiger partial charge in [0.15, 0.2) is 5.78 Å². The number of aliphatic hydroxyl groups is 1. The quantitative estimate of drug-likeness (QED) is 0.885. The van der Waals surface area contributed by atoms with Crippen molar-refractivity contribution >= 4 is 16.7 Å². The minimum absolute atomic E-state index is 0.120. The van der Waals surface area contributed by atoms with Crippen molar-refractivity contribution < 1.29 is 14.3 Å². The van der Waals surface area contributed by atoms with Gasteiger partial charge in [0.2, 0.25) is 0 Å². The molecule has 1 aromatic carbocycles. The van der Waals surface area contributed by atoms with Crippen molar-refractivity contribution in [1.29, 1.82) is 0 Å². The van der Waals surface area contributed by atoms with Crippen LogP contribution >= 0.6 is 0 Å². The summed E-state index contributed by atoms with van der Waals surface area (Å²) in [6, 6.07) is 6.39. The summed E-state index contributed by atoms with van der Waals surface area (Å²) in [6.07, 6.45) is 1.67. The minimum Gasteiger partial charge on any atom is -0.380 e. The lowest BCUT2D eigenvalue weighted by Crippen LogP contribution is -2.37. The van der Waals surface area contributed by atoms with Crippen LogP contribution in [0.15, 0.2) is 30.5 Å². The number of halogens is 1. The van der Waals surface area contributed by atoms with Gasteiger partial charge in [0.05, 0.1) is 12.1 Å². The number of fused-ring (bicyclic) bond motifs is 1. The first-order valence-electron chi connectivity index (χ1n) is 5.38. The number of hydrogen-bond acceptors (Lipinski definition) is 2. The number of benzene rings is 1. The molecular formula is C13H14FNO2. The van der Waals surface area contributed by atoms with Gasteiger partial charge in [0, 0.05) is 11.6 Å². The molecule has 2 rings (SSSR count). The van der Waals surface area contributed by atoms with Crippen LogP contribution < -0.4 is 0 Å². The summed E-state index contributed by atoms with van der Waals surface area (Å²) >= 11 is 0. The Morgan fingerprint density at radius 3 is 2.82 bits per heavy atom. The second-order valence-corrected chi connectivity index (χ2v) is 4.45. The van der Waals surface area contributed by atoms with Gasteiger partial charge < -0.3 is 9.67 Å². The molecule has 0 aliphatic rings. The summed E-state index contributed by atoms with van der Waals surface area (Å²) in [5.41, 5.74) is -0.760. The summed E-state index contributed by atoms with van der Waals surface area (Å²) in [7, 11) is 0. The molecule has 0 fully saturated rings. The van der Waals surface area contributed by atoms with E-state index in [1.807, 2.05) is 0 Å². The van der Waals surface area contributed by atoms with Crippen LogP contribution in [-0.4, -0.2) is 21.1 Å². The molecule has 0 unspecified atom stereocenters. The molecule has 1 atom stereocenters. The Morgan fingerprint density at radius 1 is 1.47 bits per heavy atom. The van der Waals surface area contributed by atoms with Crippen LogP contribution in [0.3, 0.4) is 0 Å². The van der Waals surface area contributed by atoms with Crippen LogP contribution in [0, 0.1) is 5.82 Å². The average molecular weight is 235 g/mol. The maximum absolute atomic E-state index is 13.4. The molecule has 17 heavy (non-hydrogen) atoms. The monoisotopic (exact) mass is 235 g/mol. The molecule has 0 saturated heterocycles. The number of rotatable bonds is 3. The van der Waals surface area contributed by atoms with E-state index in [0.717, 1.165) is 0 Å². The SMILES string of the molecule is CC(=O)[C@@](C)(O)Cn1ccc2c(F)cccc21. The molecule has 3 nitrogen and oxygen atoms in total. The zero-order valence-corrected chi connectivity index (χ0v) is 9.77. The zero-order valence-electron chi connectivity index (χ0n) is 9.77. The fourth-order valence-electron chi connectivity index (χ4n) is 1.77. The number of aromatic nitrogens is 1. The second kappa shape index (κ2) is 3.96. The van der Waals surface area contributed by atoms with Crippen LogP contribution in [-0.2, 0) is 11.3 Å². The fraction of sp³-hybridized carbons (Fsp3) is 0.308. The Bertz CT molecular complexity index is 572. The van der Waals surface area contributed by atoms with E-state index in [4.69, 9.17) is 0 Å². The summed E-state index contributed by atoms with van der Waals surface area (Å²) < 4.78 is 15.1. The molecule has 0 aliphatic heterocycles. The maximum Gasteiger partial charge on any atom is 0.162 e. The highest BCUT2D eigenvalue weighted by Gasteiger charge is 2.27. The summed E-state index contributed by atoms with van der Waals surface area (Å²) in [6.45, 7) is 2.92. The lowest BCUT2D eigenvalue weighted by atomic mass is 10.0. The highest BCUT2D eigenvalue weighted by atomic mass is 19.1. The fourth-order valence-corrected chi connectivity index (χ4v) is 1.77. The highest BCUT2D eigenvalue weighted by molar-refractivity contribution is 5.85. The first-order chi connectivity index (χ1) is 7.92. The van der Waals surface area contributed by atoms with Gasteiger partial charge in [-0.15, -0.1) is 0 Å². The van der Waals surface area contributed by atoms with Gasteiger partial charge >= 0.3 is 0 Å². The lowest BCUT2D eigenvalue weighted by Gasteiger charge is -2.21. The third-order valence-corrected chi connectivity index (χ3v) is 3.00. The average Bonchev–Trinajstić information content (AvgIpc) is 2.62. The Hall–Kier alpha value is -1.68. The van der Waals surface area contributed by atoms with Crippen LogP contribution in [0.4, 0.5) is 4.39 Å². The minimum atomic E-state index is -1.43. The van der Waals surface area contributed by atoms with Crippen LogP contribution in [0.25, 0.3) is 10.9 Å². The van der Waals surface area contributed by atoms with Gasteiger partial charge in [-0.1, -0.05) is 6.07 Å². The van der Waals surface area contributed by atoms with E-state index in [0.29, 0.717) is 10.9 Å². The molecule has 0 spiro atoms. The molecule has 2 aromatic rings. The van der Waals surface area contributed by atoms with Crippen molar-refractivity contribution in [1.82, 2.24) is 4.57 Å². The van der Waals surface area contributed by atoms with Crippen molar-refractivity contribution in [3.8, 4) is 0 Å². The predicted molar refractivity (Wildman–Crippen MR) is 63.2 cm³/mol. The van der Waals surface area contributed by atoms with E-state index in [-0.39, 0.29) is 18.1 Å². The number of Topliss-reactive ketones (excluding diaryl/α,β-unsaturated/α-hetero) is 1. The number of carbonyl (C=O) groups excluding carboxylic acids is 1. The first kappa shape index (κ1) is 11.8. The van der Waals surface area contributed by atoms with Gasteiger partial charge in [0.1, 0.15) is 11.4 Å². The van der Waals surface area contributed by atoms with Crippen molar-refractivity contribution in [2.24, 2.45) is 0 Å². The van der Waals surface area contributed by atoms with Gasteiger partial charge in [-0.25, -0.2) is 4.39 Å². The standard InChI is InChI=1S/C13H14FNO2/c1-9(16)13(2,17)8-15-7-6-10-11(14)4-3-5-12(10)15/h3-7,17H,8H2,1-2H3/t13-/m0/s1. The van der Waals surface area contributed by atoms with Crippen molar-refractivity contribution in [3.63, 3.8) is 0 Å². The Labute approximate surface area is 98.5 Å². The van der Waals surface area contributed by atoms with E-state index in [2.05, 4.69) is 0 Å². The smallest absolute Gasteiger partial charge is 0.162 e. The molecular weight excluding hydrogens is 221 g/mol. The maximum atomic E-state index is 13.4. The second-order valence-electron chi connectivity index (χ2n) is 4.45. The first-order valence-corrected chi connectivity index (χ1v) is 5.38. The summed E-state index contributed by atoms with van der Waals surface area (Å²) in [4.78, 5) is 11.3. The van der Waals surface area contributed by atoms with E-state index in [9.17, 15) is 14.3 Å².